The first kappa shape index (κ1) is 9.59. The van der Waals surface area contributed by atoms with Gasteiger partial charge in [0.1, 0.15) is 0 Å². The Kier molecular flexibility index (Phi) is 2.06. The van der Waals surface area contributed by atoms with Gasteiger partial charge in [-0.2, -0.15) is 0 Å². The van der Waals surface area contributed by atoms with Gasteiger partial charge in [-0.15, -0.1) is 0 Å². The molecule has 0 heterocycles. The SMILES string of the molecule is CC1CCc2ccc3ccccc3c2C1=O. The summed E-state index contributed by atoms with van der Waals surface area (Å²) < 4.78 is 0. The Morgan fingerprint density at radius 2 is 1.94 bits per heavy atom. The van der Waals surface area contributed by atoms with Gasteiger partial charge in [-0.3, -0.25) is 4.79 Å². The third-order valence-electron chi connectivity index (χ3n) is 3.56. The van der Waals surface area contributed by atoms with Crippen LogP contribution in [0.2, 0.25) is 0 Å². The average molecular weight is 210 g/mol. The maximum Gasteiger partial charge on any atom is 0.166 e. The zero-order valence-electron chi connectivity index (χ0n) is 9.36. The molecular formula is C15H14O. The molecule has 0 N–H and O–H groups in total. The molecule has 0 saturated carbocycles. The Morgan fingerprint density at radius 3 is 2.81 bits per heavy atom. The second-order valence-corrected chi connectivity index (χ2v) is 4.62. The van der Waals surface area contributed by atoms with Crippen molar-refractivity contribution >= 4 is 16.6 Å². The van der Waals surface area contributed by atoms with Gasteiger partial charge in [-0.05, 0) is 29.2 Å². The van der Waals surface area contributed by atoms with Crippen molar-refractivity contribution in [3.05, 3.63) is 47.5 Å². The summed E-state index contributed by atoms with van der Waals surface area (Å²) >= 11 is 0. The molecule has 16 heavy (non-hydrogen) atoms. The molecule has 0 fully saturated rings. The number of benzene rings is 2. The summed E-state index contributed by atoms with van der Waals surface area (Å²) in [7, 11) is 0. The smallest absolute Gasteiger partial charge is 0.166 e. The molecule has 0 aliphatic heterocycles. The Hall–Kier alpha value is -1.63. The molecule has 0 saturated heterocycles. The van der Waals surface area contributed by atoms with Gasteiger partial charge in [0.15, 0.2) is 5.78 Å². The molecule has 0 aromatic heterocycles. The molecule has 2 aromatic carbocycles. The van der Waals surface area contributed by atoms with Gasteiger partial charge < -0.3 is 0 Å². The van der Waals surface area contributed by atoms with E-state index in [2.05, 4.69) is 24.3 Å². The van der Waals surface area contributed by atoms with Crippen LogP contribution in [0.3, 0.4) is 0 Å². The molecule has 0 amide bonds. The van der Waals surface area contributed by atoms with Crippen LogP contribution < -0.4 is 0 Å². The molecule has 0 radical (unpaired) electrons. The molecule has 1 heteroatoms. The normalized spacial score (nSPS) is 19.8. The lowest BCUT2D eigenvalue weighted by molar-refractivity contribution is 0.0915. The van der Waals surface area contributed by atoms with Gasteiger partial charge in [0, 0.05) is 11.5 Å². The van der Waals surface area contributed by atoms with E-state index in [4.69, 9.17) is 0 Å². The number of carbonyl (C=O) groups excluding carboxylic acids is 1. The molecule has 3 rings (SSSR count). The molecule has 1 unspecified atom stereocenters. The number of hydrogen-bond donors (Lipinski definition) is 0. The van der Waals surface area contributed by atoms with Crippen molar-refractivity contribution in [2.75, 3.05) is 0 Å². The summed E-state index contributed by atoms with van der Waals surface area (Å²) in [6.07, 6.45) is 2.03. The van der Waals surface area contributed by atoms with Gasteiger partial charge in [0.25, 0.3) is 0 Å². The maximum absolute atomic E-state index is 12.2. The Bertz CT molecular complexity index is 569. The molecule has 0 bridgehead atoms. The van der Waals surface area contributed by atoms with Gasteiger partial charge in [-0.25, -0.2) is 0 Å². The highest BCUT2D eigenvalue weighted by atomic mass is 16.1. The number of carbonyl (C=O) groups is 1. The van der Waals surface area contributed by atoms with E-state index in [0.29, 0.717) is 5.78 Å². The van der Waals surface area contributed by atoms with Crippen LogP contribution in [0.25, 0.3) is 10.8 Å². The number of Topliss-reactive ketones (excluding diaryl/α,β-unsaturated/α-hetero) is 1. The lowest BCUT2D eigenvalue weighted by Crippen LogP contribution is -2.20. The molecule has 1 atom stereocenters. The highest BCUT2D eigenvalue weighted by molar-refractivity contribution is 6.10. The van der Waals surface area contributed by atoms with E-state index < -0.39 is 0 Å². The highest BCUT2D eigenvalue weighted by Crippen LogP contribution is 2.31. The zero-order chi connectivity index (χ0) is 11.1. The number of aryl methyl sites for hydroxylation is 1. The van der Waals surface area contributed by atoms with Crippen LogP contribution in [0.15, 0.2) is 36.4 Å². The molecule has 1 aliphatic carbocycles. The minimum absolute atomic E-state index is 0.179. The minimum atomic E-state index is 0.179. The van der Waals surface area contributed by atoms with Crippen LogP contribution in [0.5, 0.6) is 0 Å². The Morgan fingerprint density at radius 1 is 1.12 bits per heavy atom. The fraction of sp³-hybridized carbons (Fsp3) is 0.267. The molecule has 2 aromatic rings. The fourth-order valence-corrected chi connectivity index (χ4v) is 2.57. The first-order valence-corrected chi connectivity index (χ1v) is 5.82. The van der Waals surface area contributed by atoms with E-state index in [-0.39, 0.29) is 5.92 Å². The summed E-state index contributed by atoms with van der Waals surface area (Å²) in [6.45, 7) is 2.03. The third-order valence-corrected chi connectivity index (χ3v) is 3.56. The Labute approximate surface area is 95.1 Å². The van der Waals surface area contributed by atoms with Gasteiger partial charge >= 0.3 is 0 Å². The van der Waals surface area contributed by atoms with Crippen molar-refractivity contribution in [3.63, 3.8) is 0 Å². The summed E-state index contributed by atoms with van der Waals surface area (Å²) in [5, 5.41) is 2.29. The van der Waals surface area contributed by atoms with Crippen molar-refractivity contribution in [1.29, 1.82) is 0 Å². The number of fused-ring (bicyclic) bond motifs is 3. The van der Waals surface area contributed by atoms with Crippen molar-refractivity contribution in [2.24, 2.45) is 5.92 Å². The van der Waals surface area contributed by atoms with Crippen molar-refractivity contribution in [1.82, 2.24) is 0 Å². The van der Waals surface area contributed by atoms with E-state index in [1.807, 2.05) is 19.1 Å². The summed E-state index contributed by atoms with van der Waals surface area (Å²) in [5.74, 6) is 0.497. The molecule has 1 aliphatic rings. The zero-order valence-corrected chi connectivity index (χ0v) is 9.36. The topological polar surface area (TPSA) is 17.1 Å². The summed E-state index contributed by atoms with van der Waals surface area (Å²) in [6, 6.07) is 12.4. The molecule has 80 valence electrons. The number of rotatable bonds is 0. The predicted octanol–water partition coefficient (Wildman–Crippen LogP) is 3.60. The van der Waals surface area contributed by atoms with Crippen molar-refractivity contribution in [2.45, 2.75) is 19.8 Å². The summed E-state index contributed by atoms with van der Waals surface area (Å²) in [4.78, 5) is 12.2. The third kappa shape index (κ3) is 1.28. The molecule has 0 spiro atoms. The van der Waals surface area contributed by atoms with E-state index in [1.54, 1.807) is 0 Å². The average Bonchev–Trinajstić information content (AvgIpc) is 2.33. The number of ketones is 1. The Balaban J connectivity index is 2.36. The van der Waals surface area contributed by atoms with Crippen LogP contribution in [0.4, 0.5) is 0 Å². The standard InChI is InChI=1S/C15H14O/c1-10-6-7-12-9-8-11-4-2-3-5-13(11)14(12)15(10)16/h2-5,8-10H,6-7H2,1H3. The van der Waals surface area contributed by atoms with Crippen molar-refractivity contribution < 1.29 is 4.79 Å². The van der Waals surface area contributed by atoms with E-state index in [9.17, 15) is 4.79 Å². The second kappa shape index (κ2) is 3.44. The van der Waals surface area contributed by atoms with Crippen LogP contribution in [-0.4, -0.2) is 5.78 Å². The van der Waals surface area contributed by atoms with Crippen LogP contribution >= 0.6 is 0 Å². The van der Waals surface area contributed by atoms with Gasteiger partial charge in [0.2, 0.25) is 0 Å². The highest BCUT2D eigenvalue weighted by Gasteiger charge is 2.25. The van der Waals surface area contributed by atoms with Gasteiger partial charge in [-0.1, -0.05) is 43.3 Å². The monoisotopic (exact) mass is 210 g/mol. The summed E-state index contributed by atoms with van der Waals surface area (Å²) in [5.41, 5.74) is 2.19. The fourth-order valence-electron chi connectivity index (χ4n) is 2.57. The lowest BCUT2D eigenvalue weighted by atomic mass is 9.81. The first-order chi connectivity index (χ1) is 7.77. The second-order valence-electron chi connectivity index (χ2n) is 4.62. The van der Waals surface area contributed by atoms with E-state index in [1.165, 1.54) is 10.9 Å². The lowest BCUT2D eigenvalue weighted by Gasteiger charge is -2.21. The van der Waals surface area contributed by atoms with Gasteiger partial charge in [0.05, 0.1) is 0 Å². The maximum atomic E-state index is 12.2. The van der Waals surface area contributed by atoms with Crippen LogP contribution in [0.1, 0.15) is 29.3 Å². The van der Waals surface area contributed by atoms with Crippen LogP contribution in [-0.2, 0) is 6.42 Å². The van der Waals surface area contributed by atoms with E-state index in [0.717, 1.165) is 23.8 Å². The molecular weight excluding hydrogens is 196 g/mol. The minimum Gasteiger partial charge on any atom is -0.294 e. The largest absolute Gasteiger partial charge is 0.294 e. The number of hydrogen-bond acceptors (Lipinski definition) is 1. The molecule has 1 nitrogen and oxygen atoms in total. The predicted molar refractivity (Wildman–Crippen MR) is 65.8 cm³/mol. The van der Waals surface area contributed by atoms with Crippen LogP contribution in [0, 0.1) is 5.92 Å². The quantitative estimate of drug-likeness (QED) is 0.649. The van der Waals surface area contributed by atoms with Crippen molar-refractivity contribution in [3.8, 4) is 0 Å². The van der Waals surface area contributed by atoms with E-state index >= 15 is 0 Å². The first-order valence-electron chi connectivity index (χ1n) is 5.82.